The molecule has 6 unspecified atom stereocenters. The van der Waals surface area contributed by atoms with Crippen molar-refractivity contribution in [1.82, 2.24) is 5.32 Å². The van der Waals surface area contributed by atoms with E-state index in [9.17, 15) is 28.7 Å². The minimum absolute atomic E-state index is 0.159. The molecule has 6 rings (SSSR count). The van der Waals surface area contributed by atoms with Gasteiger partial charge in [-0.05, 0) is 61.6 Å². The van der Waals surface area contributed by atoms with Crippen molar-refractivity contribution in [3.8, 4) is 17.2 Å². The van der Waals surface area contributed by atoms with Crippen LogP contribution < -0.4 is 19.7 Å². The number of ether oxygens (including phenoxy) is 2. The van der Waals surface area contributed by atoms with Crippen LogP contribution in [0.2, 0.25) is 5.02 Å². The molecule has 2 saturated heterocycles. The Kier molecular flexibility index (Phi) is 6.64. The number of aromatic hydroxyl groups is 1. The molecule has 2 aliphatic carbocycles. The number of nitrogens with zero attached hydrogens (tertiary/aromatic N) is 1. The molecule has 42 heavy (non-hydrogen) atoms. The third kappa shape index (κ3) is 3.95. The molecule has 9 nitrogen and oxygen atoms in total. The smallest absolute Gasteiger partial charge is 0.241 e. The van der Waals surface area contributed by atoms with Crippen LogP contribution in [0.25, 0.3) is 6.08 Å². The lowest BCUT2D eigenvalue weighted by Crippen LogP contribution is -2.49. The highest BCUT2D eigenvalue weighted by Gasteiger charge is 2.66. The van der Waals surface area contributed by atoms with Gasteiger partial charge < -0.3 is 14.6 Å². The fourth-order valence-corrected chi connectivity index (χ4v) is 7.39. The van der Waals surface area contributed by atoms with Gasteiger partial charge in [0, 0.05) is 5.92 Å². The van der Waals surface area contributed by atoms with Crippen molar-refractivity contribution >= 4 is 47.0 Å². The number of imide groups is 2. The predicted octanol–water partition coefficient (Wildman–Crippen LogP) is 4.27. The average Bonchev–Trinajstić information content (AvgIpc) is 3.37. The van der Waals surface area contributed by atoms with Crippen LogP contribution in [0.4, 0.5) is 10.1 Å². The van der Waals surface area contributed by atoms with Gasteiger partial charge in [-0.15, -0.1) is 0 Å². The number of carbonyl (C=O) groups excluding carboxylic acids is 4. The average molecular weight is 595 g/mol. The highest BCUT2D eigenvalue weighted by Crippen LogP contribution is 2.60. The van der Waals surface area contributed by atoms with Crippen LogP contribution in [0.1, 0.15) is 25.3 Å². The fraction of sp³-hybridized carbons (Fsp3) is 0.355. The zero-order chi connectivity index (χ0) is 30.1. The van der Waals surface area contributed by atoms with E-state index in [0.717, 1.165) is 16.5 Å². The molecule has 0 aromatic heterocycles. The van der Waals surface area contributed by atoms with E-state index < -0.39 is 52.6 Å². The van der Waals surface area contributed by atoms with Gasteiger partial charge in [-0.25, -0.2) is 9.29 Å². The van der Waals surface area contributed by atoms with Crippen molar-refractivity contribution in [1.29, 1.82) is 0 Å². The molecule has 0 radical (unpaired) electrons. The monoisotopic (exact) mass is 594 g/mol. The van der Waals surface area contributed by atoms with Crippen LogP contribution >= 0.6 is 11.6 Å². The maximum absolute atomic E-state index is 14.3. The Labute approximate surface area is 245 Å². The van der Waals surface area contributed by atoms with Gasteiger partial charge in [-0.1, -0.05) is 35.4 Å². The van der Waals surface area contributed by atoms with Gasteiger partial charge in [0.25, 0.3) is 0 Å². The standard InChI is InChI=1S/C31H28ClFN2O7/c1-31-19(8-4-14-10-23(41-2)26(36)24(11-14)42-3)16-6-7-17-25(28(38)34-27(17)37)18(16)13-20(31)29(39)35(30(31)40)15-5-9-22(33)21(32)12-15/h4-6,8-12,17-20,25,36H,7,13H2,1-3H3,(H,34,37,38). The van der Waals surface area contributed by atoms with Crippen LogP contribution in [0, 0.1) is 40.8 Å². The van der Waals surface area contributed by atoms with E-state index in [4.69, 9.17) is 21.1 Å². The first-order chi connectivity index (χ1) is 20.0. The van der Waals surface area contributed by atoms with Crippen LogP contribution in [0.15, 0.2) is 48.1 Å². The second-order valence-electron chi connectivity index (χ2n) is 11.3. The number of methoxy groups -OCH3 is 2. The molecule has 4 aliphatic rings. The number of allylic oxidation sites excluding steroid dienone is 3. The molecule has 6 atom stereocenters. The number of phenolic OH excluding ortho intramolecular Hbond substituents is 1. The van der Waals surface area contributed by atoms with Crippen LogP contribution in [-0.4, -0.2) is 43.0 Å². The Hall–Kier alpha value is -4.18. The number of halogens is 2. The number of hydrogen-bond acceptors (Lipinski definition) is 7. The third-order valence-corrected chi connectivity index (χ3v) is 9.62. The zero-order valence-electron chi connectivity index (χ0n) is 23.0. The summed E-state index contributed by atoms with van der Waals surface area (Å²) in [5.74, 6) is -5.20. The molecular formula is C31H28ClFN2O7. The molecule has 1 saturated carbocycles. The number of amides is 4. The Balaban J connectivity index is 1.48. The van der Waals surface area contributed by atoms with E-state index in [1.165, 1.54) is 26.4 Å². The Morgan fingerprint density at radius 3 is 2.40 bits per heavy atom. The van der Waals surface area contributed by atoms with E-state index in [1.807, 2.05) is 12.2 Å². The van der Waals surface area contributed by atoms with Crippen molar-refractivity contribution in [3.63, 3.8) is 0 Å². The van der Waals surface area contributed by atoms with Gasteiger partial charge in [0.2, 0.25) is 29.4 Å². The highest BCUT2D eigenvalue weighted by atomic mass is 35.5. The Bertz CT molecular complexity index is 1600. The van der Waals surface area contributed by atoms with E-state index in [0.29, 0.717) is 12.0 Å². The van der Waals surface area contributed by atoms with Crippen LogP contribution in [0.3, 0.4) is 0 Å². The molecular weight excluding hydrogens is 567 g/mol. The van der Waals surface area contributed by atoms with E-state index >= 15 is 0 Å². The van der Waals surface area contributed by atoms with Gasteiger partial charge >= 0.3 is 0 Å². The Morgan fingerprint density at radius 1 is 1.07 bits per heavy atom. The van der Waals surface area contributed by atoms with E-state index in [-0.39, 0.29) is 46.2 Å². The first kappa shape index (κ1) is 28.0. The number of fused-ring (bicyclic) bond motifs is 4. The molecule has 0 spiro atoms. The number of carbonyl (C=O) groups is 4. The van der Waals surface area contributed by atoms with Crippen LogP contribution in [0.5, 0.6) is 17.2 Å². The molecule has 4 amide bonds. The first-order valence-corrected chi connectivity index (χ1v) is 13.9. The van der Waals surface area contributed by atoms with Gasteiger partial charge in [-0.2, -0.15) is 0 Å². The molecule has 3 fully saturated rings. The lowest BCUT2D eigenvalue weighted by atomic mass is 9.52. The SMILES string of the molecule is COc1cc(C=CC2C3=CCC4C(=O)NC(=O)C4C3CC3C(=O)N(c4ccc(F)c(Cl)c4)C(=O)C23C)cc(OC)c1O. The highest BCUT2D eigenvalue weighted by molar-refractivity contribution is 6.31. The summed E-state index contributed by atoms with van der Waals surface area (Å²) in [5.41, 5.74) is 0.319. The summed E-state index contributed by atoms with van der Waals surface area (Å²) in [6.07, 6.45) is 6.03. The quantitative estimate of drug-likeness (QED) is 0.392. The number of nitrogens with one attached hydrogen (secondary N) is 1. The lowest BCUT2D eigenvalue weighted by molar-refractivity contribution is -0.132. The predicted molar refractivity (Wildman–Crippen MR) is 150 cm³/mol. The molecule has 11 heteroatoms. The number of phenols is 1. The fourth-order valence-electron chi connectivity index (χ4n) is 7.22. The summed E-state index contributed by atoms with van der Waals surface area (Å²) < 4.78 is 24.5. The maximum Gasteiger partial charge on any atom is 0.241 e. The van der Waals surface area contributed by atoms with Gasteiger partial charge in [0.1, 0.15) is 5.82 Å². The lowest BCUT2D eigenvalue weighted by Gasteiger charge is -2.47. The summed E-state index contributed by atoms with van der Waals surface area (Å²) in [5, 5.41) is 12.6. The molecule has 218 valence electrons. The minimum atomic E-state index is -1.26. The maximum atomic E-state index is 14.3. The summed E-state index contributed by atoms with van der Waals surface area (Å²) in [7, 11) is 2.82. The Morgan fingerprint density at radius 2 is 1.76 bits per heavy atom. The second kappa shape index (κ2) is 9.97. The normalized spacial score (nSPS) is 30.2. The molecule has 2 N–H and O–H groups in total. The second-order valence-corrected chi connectivity index (χ2v) is 11.7. The van der Waals surface area contributed by atoms with E-state index in [2.05, 4.69) is 5.32 Å². The molecule has 2 aliphatic heterocycles. The van der Waals surface area contributed by atoms with Gasteiger partial charge in [-0.3, -0.25) is 24.5 Å². The summed E-state index contributed by atoms with van der Waals surface area (Å²) in [6, 6.07) is 6.91. The summed E-state index contributed by atoms with van der Waals surface area (Å²) in [6.45, 7) is 1.74. The number of anilines is 1. The molecule has 2 aromatic rings. The summed E-state index contributed by atoms with van der Waals surface area (Å²) >= 11 is 6.01. The van der Waals surface area contributed by atoms with Gasteiger partial charge in [0.05, 0.1) is 48.1 Å². The minimum Gasteiger partial charge on any atom is -0.502 e. The molecule has 2 heterocycles. The largest absolute Gasteiger partial charge is 0.502 e. The number of rotatable bonds is 5. The van der Waals surface area contributed by atoms with Crippen molar-refractivity contribution in [2.45, 2.75) is 19.8 Å². The summed E-state index contributed by atoms with van der Waals surface area (Å²) in [4.78, 5) is 54.8. The van der Waals surface area contributed by atoms with Crippen molar-refractivity contribution < 1.29 is 38.1 Å². The van der Waals surface area contributed by atoms with Gasteiger partial charge in [0.15, 0.2) is 11.5 Å². The van der Waals surface area contributed by atoms with Crippen molar-refractivity contribution in [2.75, 3.05) is 19.1 Å². The van der Waals surface area contributed by atoms with E-state index in [1.54, 1.807) is 25.1 Å². The topological polar surface area (TPSA) is 122 Å². The number of benzene rings is 2. The zero-order valence-corrected chi connectivity index (χ0v) is 23.8. The van der Waals surface area contributed by atoms with Crippen molar-refractivity contribution in [2.24, 2.45) is 35.0 Å². The van der Waals surface area contributed by atoms with Crippen molar-refractivity contribution in [3.05, 3.63) is 64.5 Å². The number of hydrogen-bond donors (Lipinski definition) is 2. The molecule has 2 aromatic carbocycles. The first-order valence-electron chi connectivity index (χ1n) is 13.5. The third-order valence-electron chi connectivity index (χ3n) is 9.33. The molecule has 0 bridgehead atoms. The van der Waals surface area contributed by atoms with Crippen LogP contribution in [-0.2, 0) is 19.2 Å².